The zero-order chi connectivity index (χ0) is 16.0. The van der Waals surface area contributed by atoms with Crippen molar-refractivity contribution in [2.45, 2.75) is 65.3 Å². The summed E-state index contributed by atoms with van der Waals surface area (Å²) in [7, 11) is 1.89. The lowest BCUT2D eigenvalue weighted by molar-refractivity contribution is 0.583. The Bertz CT molecular complexity index is 413. The predicted octanol–water partition coefficient (Wildman–Crippen LogP) is 2.62. The van der Waals surface area contributed by atoms with Crippen LogP contribution in [0.25, 0.3) is 0 Å². The lowest BCUT2D eigenvalue weighted by Crippen LogP contribution is -2.37. The first-order valence-corrected chi connectivity index (χ1v) is 8.63. The Morgan fingerprint density at radius 2 is 1.82 bits per heavy atom. The van der Waals surface area contributed by atoms with Gasteiger partial charge in [-0.3, -0.25) is 4.68 Å². The van der Waals surface area contributed by atoms with Crippen molar-refractivity contribution in [1.82, 2.24) is 25.4 Å². The van der Waals surface area contributed by atoms with Gasteiger partial charge in [-0.15, -0.1) is 0 Å². The molecule has 1 aromatic heterocycles. The Balaban J connectivity index is 2.19. The third-order valence-electron chi connectivity index (χ3n) is 3.60. The molecule has 0 amide bonds. The highest BCUT2D eigenvalue weighted by Crippen LogP contribution is 2.06. The van der Waals surface area contributed by atoms with Crippen molar-refractivity contribution in [2.24, 2.45) is 12.0 Å². The van der Waals surface area contributed by atoms with Crippen LogP contribution in [-0.4, -0.2) is 33.8 Å². The van der Waals surface area contributed by atoms with Crippen LogP contribution in [0.15, 0.2) is 11.3 Å². The molecule has 0 atom stereocenters. The van der Waals surface area contributed by atoms with Crippen LogP contribution in [0, 0.1) is 0 Å². The fraction of sp³-hybridized carbons (Fsp3) is 0.812. The maximum Gasteiger partial charge on any atom is 0.191 e. The van der Waals surface area contributed by atoms with Crippen molar-refractivity contribution in [3.63, 3.8) is 0 Å². The van der Waals surface area contributed by atoms with E-state index < -0.39 is 0 Å². The molecule has 0 aliphatic rings. The van der Waals surface area contributed by atoms with Crippen LogP contribution in [0.4, 0.5) is 0 Å². The molecule has 0 bridgehead atoms. The van der Waals surface area contributed by atoms with Gasteiger partial charge < -0.3 is 10.6 Å². The highest BCUT2D eigenvalue weighted by Gasteiger charge is 2.01. The number of hydrogen-bond donors (Lipinski definition) is 2. The van der Waals surface area contributed by atoms with Crippen LogP contribution in [-0.2, 0) is 13.6 Å². The van der Waals surface area contributed by atoms with Crippen molar-refractivity contribution < 1.29 is 0 Å². The smallest absolute Gasteiger partial charge is 0.191 e. The quantitative estimate of drug-likeness (QED) is 0.375. The molecule has 6 nitrogen and oxygen atoms in total. The van der Waals surface area contributed by atoms with E-state index in [-0.39, 0.29) is 0 Å². The molecule has 0 spiro atoms. The Kier molecular flexibility index (Phi) is 10.1. The highest BCUT2D eigenvalue weighted by molar-refractivity contribution is 5.79. The Hall–Kier alpha value is -1.59. The van der Waals surface area contributed by atoms with E-state index in [9.17, 15) is 0 Å². The number of aryl methyl sites for hydroxylation is 1. The largest absolute Gasteiger partial charge is 0.357 e. The topological polar surface area (TPSA) is 67.1 Å². The Morgan fingerprint density at radius 1 is 1.09 bits per heavy atom. The van der Waals surface area contributed by atoms with E-state index in [1.165, 1.54) is 44.9 Å². The molecule has 0 aliphatic heterocycles. The van der Waals surface area contributed by atoms with Crippen LogP contribution in [0.1, 0.15) is 64.6 Å². The number of guanidine groups is 1. The molecule has 0 aliphatic carbocycles. The molecule has 0 radical (unpaired) electrons. The van der Waals surface area contributed by atoms with Gasteiger partial charge >= 0.3 is 0 Å². The molecule has 6 heteroatoms. The zero-order valence-electron chi connectivity index (χ0n) is 14.4. The zero-order valence-corrected chi connectivity index (χ0v) is 14.4. The summed E-state index contributed by atoms with van der Waals surface area (Å²) in [5, 5.41) is 10.7. The molecule has 1 aromatic rings. The summed E-state index contributed by atoms with van der Waals surface area (Å²) in [6.45, 7) is 6.71. The van der Waals surface area contributed by atoms with Crippen molar-refractivity contribution in [3.05, 3.63) is 12.2 Å². The molecule has 0 saturated heterocycles. The maximum atomic E-state index is 4.55. The van der Waals surface area contributed by atoms with Gasteiger partial charge in [0.2, 0.25) is 0 Å². The summed E-state index contributed by atoms with van der Waals surface area (Å²) in [6, 6.07) is 0. The number of nitrogens with one attached hydrogen (secondary N) is 2. The van der Waals surface area contributed by atoms with Crippen LogP contribution >= 0.6 is 0 Å². The minimum Gasteiger partial charge on any atom is -0.357 e. The molecule has 0 aromatic carbocycles. The minimum absolute atomic E-state index is 0.544. The van der Waals surface area contributed by atoms with Crippen LogP contribution < -0.4 is 10.6 Å². The third-order valence-corrected chi connectivity index (χ3v) is 3.60. The van der Waals surface area contributed by atoms with E-state index in [1.54, 1.807) is 11.0 Å². The monoisotopic (exact) mass is 308 g/mol. The molecule has 0 saturated carbocycles. The summed E-state index contributed by atoms with van der Waals surface area (Å²) < 4.78 is 1.75. The summed E-state index contributed by atoms with van der Waals surface area (Å²) in [5.41, 5.74) is 0. The van der Waals surface area contributed by atoms with Gasteiger partial charge in [0.15, 0.2) is 5.96 Å². The molecule has 0 unspecified atom stereocenters. The van der Waals surface area contributed by atoms with Gasteiger partial charge in [0, 0.05) is 20.1 Å². The van der Waals surface area contributed by atoms with E-state index >= 15 is 0 Å². The van der Waals surface area contributed by atoms with Gasteiger partial charge in [0.25, 0.3) is 0 Å². The summed E-state index contributed by atoms with van der Waals surface area (Å²) >= 11 is 0. The van der Waals surface area contributed by atoms with Crippen molar-refractivity contribution in [2.75, 3.05) is 13.1 Å². The number of aromatic nitrogens is 3. The molecule has 0 fully saturated rings. The molecular weight excluding hydrogens is 276 g/mol. The standard InChI is InChI=1S/C16H32N6/c1-4-6-7-8-9-10-11-12-18-16(17-5-2)19-13-15-20-14-21-22(15)3/h14H,4-13H2,1-3H3,(H2,17,18,19). The SMILES string of the molecule is CCCCCCCCCNC(=NCc1ncnn1C)NCC. The van der Waals surface area contributed by atoms with Gasteiger partial charge in [-0.1, -0.05) is 45.4 Å². The number of unbranched alkanes of at least 4 members (excludes halogenated alkanes) is 6. The second kappa shape index (κ2) is 12.0. The van der Waals surface area contributed by atoms with Crippen molar-refractivity contribution in [3.8, 4) is 0 Å². The minimum atomic E-state index is 0.544. The molecule has 1 rings (SSSR count). The number of nitrogens with zero attached hydrogens (tertiary/aromatic N) is 4. The van der Waals surface area contributed by atoms with E-state index in [2.05, 4.69) is 39.6 Å². The average Bonchev–Trinajstić information content (AvgIpc) is 2.92. The van der Waals surface area contributed by atoms with Crippen molar-refractivity contribution >= 4 is 5.96 Å². The van der Waals surface area contributed by atoms with E-state index in [4.69, 9.17) is 0 Å². The summed E-state index contributed by atoms with van der Waals surface area (Å²) in [5.74, 6) is 1.73. The number of hydrogen-bond acceptors (Lipinski definition) is 3. The van der Waals surface area contributed by atoms with Gasteiger partial charge in [-0.25, -0.2) is 9.98 Å². The highest BCUT2D eigenvalue weighted by atomic mass is 15.3. The lowest BCUT2D eigenvalue weighted by atomic mass is 10.1. The summed E-state index contributed by atoms with van der Waals surface area (Å²) in [6.07, 6.45) is 10.8. The molecule has 2 N–H and O–H groups in total. The summed E-state index contributed by atoms with van der Waals surface area (Å²) in [4.78, 5) is 8.73. The average molecular weight is 308 g/mol. The van der Waals surface area contributed by atoms with Crippen LogP contribution in [0.2, 0.25) is 0 Å². The Morgan fingerprint density at radius 3 is 2.45 bits per heavy atom. The molecule has 1 heterocycles. The first-order chi connectivity index (χ1) is 10.8. The molecular formula is C16H32N6. The first kappa shape index (κ1) is 18.5. The lowest BCUT2D eigenvalue weighted by Gasteiger charge is -2.11. The van der Waals surface area contributed by atoms with Gasteiger partial charge in [0.05, 0.1) is 0 Å². The fourth-order valence-electron chi connectivity index (χ4n) is 2.24. The van der Waals surface area contributed by atoms with E-state index in [0.717, 1.165) is 24.9 Å². The van der Waals surface area contributed by atoms with Gasteiger partial charge in [0.1, 0.15) is 18.7 Å². The third kappa shape index (κ3) is 8.00. The Labute approximate surface area is 134 Å². The van der Waals surface area contributed by atoms with Gasteiger partial charge in [-0.05, 0) is 13.3 Å². The second-order valence-corrected chi connectivity index (χ2v) is 5.54. The van der Waals surface area contributed by atoms with E-state index in [1.807, 2.05) is 7.05 Å². The fourth-order valence-corrected chi connectivity index (χ4v) is 2.24. The predicted molar refractivity (Wildman–Crippen MR) is 91.8 cm³/mol. The normalized spacial score (nSPS) is 11.7. The molecule has 22 heavy (non-hydrogen) atoms. The van der Waals surface area contributed by atoms with Gasteiger partial charge in [-0.2, -0.15) is 5.10 Å². The van der Waals surface area contributed by atoms with E-state index in [0.29, 0.717) is 6.54 Å². The second-order valence-electron chi connectivity index (χ2n) is 5.54. The number of rotatable bonds is 11. The number of aliphatic imine (C=N–C) groups is 1. The van der Waals surface area contributed by atoms with Crippen molar-refractivity contribution in [1.29, 1.82) is 0 Å². The maximum absolute atomic E-state index is 4.55. The molecule has 126 valence electrons. The first-order valence-electron chi connectivity index (χ1n) is 8.63. The van der Waals surface area contributed by atoms with Crippen LogP contribution in [0.5, 0.6) is 0 Å². The van der Waals surface area contributed by atoms with Crippen LogP contribution in [0.3, 0.4) is 0 Å².